The predicted octanol–water partition coefficient (Wildman–Crippen LogP) is 4.97. The van der Waals surface area contributed by atoms with Crippen LogP contribution in [0.2, 0.25) is 0 Å². The third kappa shape index (κ3) is 7.19. The van der Waals surface area contributed by atoms with E-state index in [4.69, 9.17) is 26.4 Å². The van der Waals surface area contributed by atoms with E-state index < -0.39 is 11.8 Å². The number of methoxy groups -OCH3 is 1. The SMILES string of the molecule is CCOc1cc(/C=C2/SC(=S)N(NC(=O)c3ccc(OC)cc3)C2=O)ccc1OCC(=O)Nc1cccc(C)c1. The molecule has 0 aromatic heterocycles. The number of rotatable bonds is 10. The Morgan fingerprint density at radius 3 is 2.50 bits per heavy atom. The van der Waals surface area contributed by atoms with Crippen LogP contribution in [0, 0.1) is 6.92 Å². The number of aryl methyl sites for hydroxylation is 1. The molecule has 0 spiro atoms. The fourth-order valence-electron chi connectivity index (χ4n) is 3.69. The highest BCUT2D eigenvalue weighted by Crippen LogP contribution is 2.34. The highest BCUT2D eigenvalue weighted by Gasteiger charge is 2.34. The van der Waals surface area contributed by atoms with Crippen molar-refractivity contribution >= 4 is 57.8 Å². The Labute approximate surface area is 241 Å². The van der Waals surface area contributed by atoms with Crippen LogP contribution in [0.4, 0.5) is 5.69 Å². The van der Waals surface area contributed by atoms with E-state index in [9.17, 15) is 14.4 Å². The normalized spacial score (nSPS) is 13.8. The lowest BCUT2D eigenvalue weighted by Gasteiger charge is -2.15. The summed E-state index contributed by atoms with van der Waals surface area (Å²) in [5.74, 6) is 0.172. The Bertz CT molecular complexity index is 1470. The van der Waals surface area contributed by atoms with E-state index in [-0.39, 0.29) is 16.8 Å². The Hall–Kier alpha value is -4.35. The van der Waals surface area contributed by atoms with Crippen molar-refractivity contribution in [3.63, 3.8) is 0 Å². The van der Waals surface area contributed by atoms with Crippen molar-refractivity contribution in [2.24, 2.45) is 0 Å². The minimum Gasteiger partial charge on any atom is -0.497 e. The van der Waals surface area contributed by atoms with Crippen LogP contribution in [0.3, 0.4) is 0 Å². The maximum Gasteiger partial charge on any atom is 0.285 e. The quantitative estimate of drug-likeness (QED) is 0.257. The van der Waals surface area contributed by atoms with E-state index in [0.717, 1.165) is 22.3 Å². The summed E-state index contributed by atoms with van der Waals surface area (Å²) in [5, 5.41) is 3.85. The minimum absolute atomic E-state index is 0.197. The molecule has 3 aromatic carbocycles. The Morgan fingerprint density at radius 2 is 1.80 bits per heavy atom. The maximum absolute atomic E-state index is 13.0. The first kappa shape index (κ1) is 28.7. The number of nitrogens with one attached hydrogen (secondary N) is 2. The molecule has 0 bridgehead atoms. The van der Waals surface area contributed by atoms with Crippen molar-refractivity contribution in [3.8, 4) is 17.2 Å². The standard InChI is InChI=1S/C29H27N3O6S2/c1-4-37-24-15-19(8-13-23(24)38-17-26(33)30-21-7-5-6-18(2)14-21)16-25-28(35)32(29(39)40-25)31-27(34)20-9-11-22(36-3)12-10-20/h5-16H,4,17H2,1-3H3,(H,30,33)(H,31,34)/b25-16+. The first-order chi connectivity index (χ1) is 19.3. The number of thiocarbonyl (C=S) groups is 1. The number of amides is 3. The molecule has 1 saturated heterocycles. The minimum atomic E-state index is -0.480. The molecular weight excluding hydrogens is 550 g/mol. The number of ether oxygens (including phenoxy) is 3. The lowest BCUT2D eigenvalue weighted by molar-refractivity contribution is -0.123. The molecule has 1 heterocycles. The van der Waals surface area contributed by atoms with Gasteiger partial charge < -0.3 is 19.5 Å². The highest BCUT2D eigenvalue weighted by molar-refractivity contribution is 8.26. The molecule has 11 heteroatoms. The third-order valence-electron chi connectivity index (χ3n) is 5.59. The molecule has 1 aliphatic heterocycles. The summed E-state index contributed by atoms with van der Waals surface area (Å²) in [6.07, 6.45) is 1.65. The molecule has 3 amide bonds. The fraction of sp³-hybridized carbons (Fsp3) is 0.172. The van der Waals surface area contributed by atoms with Gasteiger partial charge >= 0.3 is 0 Å². The Morgan fingerprint density at radius 1 is 1.02 bits per heavy atom. The van der Waals surface area contributed by atoms with E-state index in [1.165, 1.54) is 7.11 Å². The summed E-state index contributed by atoms with van der Waals surface area (Å²) in [6, 6.07) is 19.1. The van der Waals surface area contributed by atoms with Gasteiger partial charge in [0.2, 0.25) is 0 Å². The van der Waals surface area contributed by atoms with E-state index in [1.807, 2.05) is 32.0 Å². The molecule has 1 aliphatic rings. The number of thioether (sulfide) groups is 1. The zero-order valence-electron chi connectivity index (χ0n) is 22.1. The first-order valence-corrected chi connectivity index (χ1v) is 13.5. The number of hydrazine groups is 1. The van der Waals surface area contributed by atoms with Gasteiger partial charge in [-0.25, -0.2) is 0 Å². The van der Waals surface area contributed by atoms with Crippen LogP contribution >= 0.6 is 24.0 Å². The molecule has 0 atom stereocenters. The maximum atomic E-state index is 13.0. The van der Waals surface area contributed by atoms with Gasteiger partial charge in [-0.1, -0.05) is 30.0 Å². The molecule has 9 nitrogen and oxygen atoms in total. The van der Waals surface area contributed by atoms with Crippen LogP contribution in [-0.4, -0.2) is 47.4 Å². The number of carbonyl (C=O) groups excluding carboxylic acids is 3. The smallest absolute Gasteiger partial charge is 0.285 e. The first-order valence-electron chi connectivity index (χ1n) is 12.3. The monoisotopic (exact) mass is 577 g/mol. The van der Waals surface area contributed by atoms with E-state index in [0.29, 0.717) is 45.6 Å². The van der Waals surface area contributed by atoms with Gasteiger partial charge in [-0.3, -0.25) is 19.8 Å². The van der Waals surface area contributed by atoms with Gasteiger partial charge in [0, 0.05) is 11.3 Å². The van der Waals surface area contributed by atoms with Crippen LogP contribution in [0.25, 0.3) is 6.08 Å². The van der Waals surface area contributed by atoms with Crippen molar-refractivity contribution < 1.29 is 28.6 Å². The van der Waals surface area contributed by atoms with Crippen LogP contribution in [-0.2, 0) is 9.59 Å². The fourth-order valence-corrected chi connectivity index (χ4v) is 4.87. The summed E-state index contributed by atoms with van der Waals surface area (Å²) >= 11 is 6.40. The summed E-state index contributed by atoms with van der Waals surface area (Å²) in [7, 11) is 1.53. The van der Waals surface area contributed by atoms with E-state index in [2.05, 4.69) is 10.7 Å². The van der Waals surface area contributed by atoms with E-state index in [1.54, 1.807) is 54.6 Å². The van der Waals surface area contributed by atoms with Crippen molar-refractivity contribution in [1.29, 1.82) is 0 Å². The topological polar surface area (TPSA) is 106 Å². The van der Waals surface area contributed by atoms with Crippen molar-refractivity contribution in [1.82, 2.24) is 10.4 Å². The molecule has 4 rings (SSSR count). The van der Waals surface area contributed by atoms with Gasteiger partial charge in [-0.05, 0) is 91.8 Å². The van der Waals surface area contributed by atoms with Gasteiger partial charge in [-0.2, -0.15) is 5.01 Å². The van der Waals surface area contributed by atoms with Gasteiger partial charge in [0.1, 0.15) is 5.75 Å². The molecule has 0 saturated carbocycles. The lowest BCUT2D eigenvalue weighted by atomic mass is 10.2. The average Bonchev–Trinajstić information content (AvgIpc) is 3.20. The average molecular weight is 578 g/mol. The number of hydrogen-bond acceptors (Lipinski definition) is 8. The largest absolute Gasteiger partial charge is 0.497 e. The molecule has 1 fully saturated rings. The molecule has 2 N–H and O–H groups in total. The summed E-state index contributed by atoms with van der Waals surface area (Å²) < 4.78 is 16.7. The van der Waals surface area contributed by atoms with Crippen LogP contribution in [0.1, 0.15) is 28.4 Å². The highest BCUT2D eigenvalue weighted by atomic mass is 32.2. The summed E-state index contributed by atoms with van der Waals surface area (Å²) in [4.78, 5) is 38.4. The number of nitrogens with zero attached hydrogens (tertiary/aromatic N) is 1. The third-order valence-corrected chi connectivity index (χ3v) is 6.89. The van der Waals surface area contributed by atoms with Crippen molar-refractivity contribution in [2.45, 2.75) is 13.8 Å². The zero-order valence-corrected chi connectivity index (χ0v) is 23.7. The van der Waals surface area contributed by atoms with Gasteiger partial charge in [0.25, 0.3) is 17.7 Å². The second-order valence-corrected chi connectivity index (χ2v) is 10.2. The van der Waals surface area contributed by atoms with Crippen molar-refractivity contribution in [2.75, 3.05) is 25.6 Å². The molecule has 40 heavy (non-hydrogen) atoms. The van der Waals surface area contributed by atoms with Crippen LogP contribution in [0.15, 0.2) is 71.6 Å². The van der Waals surface area contributed by atoms with E-state index >= 15 is 0 Å². The lowest BCUT2D eigenvalue weighted by Crippen LogP contribution is -2.44. The molecule has 3 aromatic rings. The molecule has 0 radical (unpaired) electrons. The van der Waals surface area contributed by atoms with Crippen LogP contribution in [0.5, 0.6) is 17.2 Å². The summed E-state index contributed by atoms with van der Waals surface area (Å²) in [5.41, 5.74) is 5.28. The van der Waals surface area contributed by atoms with Gasteiger partial charge in [-0.15, -0.1) is 0 Å². The molecule has 0 aliphatic carbocycles. The Balaban J connectivity index is 1.42. The molecule has 206 valence electrons. The Kier molecular flexibility index (Phi) is 9.41. The second-order valence-electron chi connectivity index (χ2n) is 8.53. The number of benzene rings is 3. The van der Waals surface area contributed by atoms with Crippen molar-refractivity contribution in [3.05, 3.63) is 88.3 Å². The molecule has 0 unspecified atom stereocenters. The molecular formula is C29H27N3O6S2. The number of hydrogen-bond donors (Lipinski definition) is 2. The number of anilines is 1. The predicted molar refractivity (Wildman–Crippen MR) is 158 cm³/mol. The van der Waals surface area contributed by atoms with Gasteiger partial charge in [0.05, 0.1) is 18.6 Å². The number of carbonyl (C=O) groups is 3. The summed E-state index contributed by atoms with van der Waals surface area (Å²) in [6.45, 7) is 3.94. The zero-order chi connectivity index (χ0) is 28.6. The van der Waals surface area contributed by atoms with Gasteiger partial charge in [0.15, 0.2) is 22.4 Å². The van der Waals surface area contributed by atoms with Crippen LogP contribution < -0.4 is 25.0 Å². The second kappa shape index (κ2) is 13.1.